The number of para-hydroxylation sites is 2. The third kappa shape index (κ3) is 7.11. The molecule has 0 bridgehead atoms. The molecule has 8 nitrogen and oxygen atoms in total. The number of methoxy groups -OCH3 is 1. The maximum absolute atomic E-state index is 12.6. The highest BCUT2D eigenvalue weighted by Crippen LogP contribution is 2.30. The average molecular weight is 486 g/mol. The highest BCUT2D eigenvalue weighted by Gasteiger charge is 2.13. The zero-order valence-corrected chi connectivity index (χ0v) is 20.3. The summed E-state index contributed by atoms with van der Waals surface area (Å²) in [6.45, 7) is 3.87. The van der Waals surface area contributed by atoms with Crippen LogP contribution in [0.2, 0.25) is 0 Å². The van der Waals surface area contributed by atoms with Crippen LogP contribution >= 0.6 is 0 Å². The molecule has 0 aliphatic heterocycles. The minimum absolute atomic E-state index is 0.0668. The van der Waals surface area contributed by atoms with Gasteiger partial charge < -0.3 is 24.8 Å². The Labute approximate surface area is 210 Å². The van der Waals surface area contributed by atoms with E-state index < -0.39 is 5.91 Å². The van der Waals surface area contributed by atoms with Gasteiger partial charge >= 0.3 is 0 Å². The fourth-order valence-electron chi connectivity index (χ4n) is 3.23. The normalized spacial score (nSPS) is 10.7. The summed E-state index contributed by atoms with van der Waals surface area (Å²) in [5, 5.41) is 15.0. The molecule has 184 valence electrons. The Morgan fingerprint density at radius 2 is 1.69 bits per heavy atom. The quantitative estimate of drug-likeness (QED) is 0.310. The highest BCUT2D eigenvalue weighted by atomic mass is 16.5. The van der Waals surface area contributed by atoms with Crippen LogP contribution in [0.4, 0.5) is 11.4 Å². The van der Waals surface area contributed by atoms with E-state index in [2.05, 4.69) is 10.6 Å². The maximum Gasteiger partial charge on any atom is 0.266 e. The van der Waals surface area contributed by atoms with Crippen LogP contribution in [0.25, 0.3) is 6.08 Å². The molecule has 0 radical (unpaired) electrons. The predicted molar refractivity (Wildman–Crippen MR) is 138 cm³/mol. The van der Waals surface area contributed by atoms with Crippen molar-refractivity contribution in [1.82, 2.24) is 0 Å². The molecule has 3 aromatic carbocycles. The lowest BCUT2D eigenvalue weighted by atomic mass is 10.1. The Hall–Kier alpha value is -4.77. The molecule has 36 heavy (non-hydrogen) atoms. The Bertz CT molecular complexity index is 1290. The fraction of sp³-hybridized carbons (Fsp3) is 0.179. The van der Waals surface area contributed by atoms with E-state index in [0.29, 0.717) is 40.8 Å². The molecule has 3 rings (SSSR count). The summed E-state index contributed by atoms with van der Waals surface area (Å²) in [5.74, 6) is 0.384. The van der Waals surface area contributed by atoms with Crippen LogP contribution in [-0.2, 0) is 9.59 Å². The van der Waals surface area contributed by atoms with Crippen molar-refractivity contribution in [3.63, 3.8) is 0 Å². The topological polar surface area (TPSA) is 110 Å². The second-order valence-corrected chi connectivity index (χ2v) is 7.67. The Morgan fingerprint density at radius 1 is 0.944 bits per heavy atom. The zero-order chi connectivity index (χ0) is 25.9. The molecule has 0 aromatic heterocycles. The largest absolute Gasteiger partial charge is 0.495 e. The highest BCUT2D eigenvalue weighted by molar-refractivity contribution is 6.09. The van der Waals surface area contributed by atoms with Gasteiger partial charge in [-0.15, -0.1) is 0 Å². The minimum atomic E-state index is -0.521. The van der Waals surface area contributed by atoms with Gasteiger partial charge in [0.15, 0.2) is 18.1 Å². The summed E-state index contributed by atoms with van der Waals surface area (Å²) < 4.78 is 16.6. The molecule has 0 heterocycles. The number of amides is 2. The van der Waals surface area contributed by atoms with Crippen LogP contribution in [0.15, 0.2) is 72.3 Å². The van der Waals surface area contributed by atoms with Gasteiger partial charge in [0, 0.05) is 5.69 Å². The van der Waals surface area contributed by atoms with E-state index in [-0.39, 0.29) is 18.1 Å². The predicted octanol–water partition coefficient (Wildman–Crippen LogP) is 4.97. The summed E-state index contributed by atoms with van der Waals surface area (Å²) in [5.41, 5.74) is 2.69. The number of rotatable bonds is 10. The number of carbonyl (C=O) groups is 2. The van der Waals surface area contributed by atoms with E-state index in [9.17, 15) is 14.9 Å². The number of benzene rings is 3. The third-order valence-electron chi connectivity index (χ3n) is 4.99. The molecule has 0 saturated carbocycles. The van der Waals surface area contributed by atoms with Gasteiger partial charge in [0.1, 0.15) is 17.4 Å². The van der Waals surface area contributed by atoms with Gasteiger partial charge in [-0.2, -0.15) is 5.26 Å². The smallest absolute Gasteiger partial charge is 0.266 e. The number of ether oxygens (including phenoxy) is 3. The second kappa shape index (κ2) is 12.6. The fourth-order valence-corrected chi connectivity index (χ4v) is 3.23. The molecule has 2 amide bonds. The molecular formula is C28H27N3O5. The minimum Gasteiger partial charge on any atom is -0.495 e. The third-order valence-corrected chi connectivity index (χ3v) is 4.99. The van der Waals surface area contributed by atoms with Crippen molar-refractivity contribution in [3.05, 3.63) is 83.4 Å². The molecule has 0 spiro atoms. The van der Waals surface area contributed by atoms with Crippen molar-refractivity contribution in [3.8, 4) is 23.3 Å². The van der Waals surface area contributed by atoms with Crippen LogP contribution in [0.3, 0.4) is 0 Å². The lowest BCUT2D eigenvalue weighted by molar-refractivity contribution is -0.118. The summed E-state index contributed by atoms with van der Waals surface area (Å²) in [4.78, 5) is 25.0. The summed E-state index contributed by atoms with van der Waals surface area (Å²) in [6.07, 6.45) is 1.46. The summed E-state index contributed by atoms with van der Waals surface area (Å²) in [7, 11) is 1.52. The monoisotopic (exact) mass is 485 g/mol. The SMILES string of the molecule is CCOc1cc(/C=C(/C#N)C(=O)Nc2ccc(C)cc2)ccc1OCC(=O)Nc1ccccc1OC. The van der Waals surface area contributed by atoms with Crippen LogP contribution in [0, 0.1) is 18.3 Å². The Kier molecular flexibility index (Phi) is 9.06. The van der Waals surface area contributed by atoms with Gasteiger partial charge in [-0.1, -0.05) is 35.9 Å². The van der Waals surface area contributed by atoms with E-state index >= 15 is 0 Å². The first-order chi connectivity index (χ1) is 17.4. The molecule has 8 heteroatoms. The number of carbonyl (C=O) groups excluding carboxylic acids is 2. The van der Waals surface area contributed by atoms with Gasteiger partial charge in [-0.3, -0.25) is 9.59 Å². The van der Waals surface area contributed by atoms with Crippen LogP contribution in [0.1, 0.15) is 18.1 Å². The second-order valence-electron chi connectivity index (χ2n) is 7.67. The molecule has 0 unspecified atom stereocenters. The number of hydrogen-bond acceptors (Lipinski definition) is 6. The first-order valence-electron chi connectivity index (χ1n) is 11.3. The number of nitriles is 1. The number of nitrogens with one attached hydrogen (secondary N) is 2. The van der Waals surface area contributed by atoms with Crippen molar-refractivity contribution < 1.29 is 23.8 Å². The molecule has 0 atom stereocenters. The lowest BCUT2D eigenvalue weighted by Gasteiger charge is -2.14. The van der Waals surface area contributed by atoms with Gasteiger partial charge in [-0.05, 0) is 61.9 Å². The van der Waals surface area contributed by atoms with E-state index in [1.165, 1.54) is 13.2 Å². The molecule has 3 aromatic rings. The van der Waals surface area contributed by atoms with Crippen molar-refractivity contribution in [1.29, 1.82) is 5.26 Å². The number of anilines is 2. The van der Waals surface area contributed by atoms with Gasteiger partial charge in [0.2, 0.25) is 0 Å². The zero-order valence-electron chi connectivity index (χ0n) is 20.3. The molecule has 0 fully saturated rings. The van der Waals surface area contributed by atoms with Crippen molar-refractivity contribution in [2.45, 2.75) is 13.8 Å². The van der Waals surface area contributed by atoms with E-state index in [4.69, 9.17) is 14.2 Å². The first-order valence-corrected chi connectivity index (χ1v) is 11.3. The Balaban J connectivity index is 1.71. The number of aryl methyl sites for hydroxylation is 1. The first kappa shape index (κ1) is 25.8. The molecule has 0 aliphatic carbocycles. The van der Waals surface area contributed by atoms with E-state index in [1.54, 1.807) is 54.6 Å². The maximum atomic E-state index is 12.6. The van der Waals surface area contributed by atoms with Gasteiger partial charge in [0.25, 0.3) is 11.8 Å². The van der Waals surface area contributed by atoms with Crippen LogP contribution in [-0.4, -0.2) is 32.1 Å². The van der Waals surface area contributed by atoms with Crippen LogP contribution < -0.4 is 24.8 Å². The van der Waals surface area contributed by atoms with Crippen molar-refractivity contribution in [2.75, 3.05) is 31.0 Å². The van der Waals surface area contributed by atoms with Gasteiger partial charge in [-0.25, -0.2) is 0 Å². The molecule has 0 aliphatic rings. The molecular weight excluding hydrogens is 458 g/mol. The van der Waals surface area contributed by atoms with Crippen LogP contribution in [0.5, 0.6) is 17.2 Å². The van der Waals surface area contributed by atoms with Gasteiger partial charge in [0.05, 0.1) is 19.4 Å². The number of hydrogen-bond donors (Lipinski definition) is 2. The average Bonchev–Trinajstić information content (AvgIpc) is 2.88. The summed E-state index contributed by atoms with van der Waals surface area (Å²) in [6, 6.07) is 21.2. The van der Waals surface area contributed by atoms with Crippen molar-refractivity contribution >= 4 is 29.3 Å². The molecule has 0 saturated heterocycles. The van der Waals surface area contributed by atoms with E-state index in [1.807, 2.05) is 32.0 Å². The lowest BCUT2D eigenvalue weighted by Crippen LogP contribution is -2.20. The van der Waals surface area contributed by atoms with Crippen molar-refractivity contribution in [2.24, 2.45) is 0 Å². The standard InChI is InChI=1S/C28H27N3O5/c1-4-35-26-16-20(15-21(17-29)28(33)30-22-12-9-19(2)10-13-22)11-14-25(26)36-18-27(32)31-23-7-5-6-8-24(23)34-3/h5-16H,4,18H2,1-3H3,(H,30,33)(H,31,32)/b21-15-. The van der Waals surface area contributed by atoms with E-state index in [0.717, 1.165) is 5.56 Å². The summed E-state index contributed by atoms with van der Waals surface area (Å²) >= 11 is 0. The Morgan fingerprint density at radius 3 is 2.39 bits per heavy atom. The number of nitrogens with zero attached hydrogens (tertiary/aromatic N) is 1. The molecule has 2 N–H and O–H groups in total.